The Bertz CT molecular complexity index is 4810. The molecule has 21 nitrogen and oxygen atoms in total. The van der Waals surface area contributed by atoms with Crippen molar-refractivity contribution in [3.8, 4) is 17.2 Å². The summed E-state index contributed by atoms with van der Waals surface area (Å²) in [6, 6.07) is 68.0. The van der Waals surface area contributed by atoms with Gasteiger partial charge < -0.3 is 61.0 Å². The number of benzene rings is 9. The highest BCUT2D eigenvalue weighted by molar-refractivity contribution is 8.00. The SMILES string of the molecule is NC(=O)c1ccc(CCl)cc1.NC(=O)c1ccc(COc2ccc(Sc3ccoc3C=O)cc2)cc1.NC(=O)c1cccc(CCl)c1.NC(=O)c1cccc(COc2ccc(Sc3ccoc3C=O)cc2)c1.O=C(O)c1ccc(CCl)cc1.O=C(O)c1cccc(CCl)c1.O=Cc1occc1Sc1ccc(O)cc1. The minimum Gasteiger partial charge on any atom is -0.508 e. The monoisotopic (exact) mass is 1600 g/mol. The summed E-state index contributed by atoms with van der Waals surface area (Å²) in [4.78, 5) is 102. The molecule has 4 amide bonds. The summed E-state index contributed by atoms with van der Waals surface area (Å²) in [6.45, 7) is 0.729. The van der Waals surface area contributed by atoms with Gasteiger partial charge in [0, 0.05) is 60.5 Å². The lowest BCUT2D eigenvalue weighted by atomic mass is 10.1. The Labute approximate surface area is 658 Å². The average Bonchev–Trinajstić information content (AvgIpc) is 1.76. The first-order chi connectivity index (χ1) is 52.5. The van der Waals surface area contributed by atoms with Gasteiger partial charge in [-0.3, -0.25) is 33.6 Å². The second-order valence-corrected chi connectivity index (χ2v) is 26.3. The van der Waals surface area contributed by atoms with Crippen LogP contribution < -0.4 is 32.4 Å². The number of carboxylic acid groups (broad SMARTS) is 2. The largest absolute Gasteiger partial charge is 0.508 e. The van der Waals surface area contributed by atoms with Gasteiger partial charge in [-0.05, 0) is 197 Å². The first-order valence-corrected chi connectivity index (χ1v) is 36.4. The molecule has 0 aliphatic carbocycles. The van der Waals surface area contributed by atoms with Crippen LogP contribution in [0, 0.1) is 0 Å². The molecule has 109 heavy (non-hydrogen) atoms. The molecular formula is C81H68Cl4N4O17S3. The van der Waals surface area contributed by atoms with Crippen molar-refractivity contribution < 1.29 is 81.2 Å². The second-order valence-electron chi connectivity index (χ2n) is 21.9. The van der Waals surface area contributed by atoms with Crippen LogP contribution in [-0.4, -0.2) is 69.7 Å². The number of phenolic OH excluding ortho intramolecular Hbond substituents is 1. The van der Waals surface area contributed by atoms with Crippen molar-refractivity contribution in [2.24, 2.45) is 22.9 Å². The Balaban J connectivity index is 0.000000206. The van der Waals surface area contributed by atoms with E-state index < -0.39 is 35.6 Å². The maximum atomic E-state index is 11.2. The third-order valence-corrected chi connectivity index (χ3v) is 18.6. The fraction of sp³-hybridized carbons (Fsp3) is 0.0741. The van der Waals surface area contributed by atoms with Crippen LogP contribution in [0.4, 0.5) is 0 Å². The molecule has 0 aliphatic heterocycles. The van der Waals surface area contributed by atoms with Crippen molar-refractivity contribution in [3.05, 3.63) is 339 Å². The molecule has 0 saturated heterocycles. The molecule has 0 fully saturated rings. The Kier molecular flexibility index (Phi) is 36.7. The van der Waals surface area contributed by atoms with Gasteiger partial charge >= 0.3 is 11.9 Å². The summed E-state index contributed by atoms with van der Waals surface area (Å²) >= 11 is 26.4. The third kappa shape index (κ3) is 30.2. The van der Waals surface area contributed by atoms with Crippen LogP contribution in [0.1, 0.15) is 127 Å². The van der Waals surface area contributed by atoms with E-state index in [1.54, 1.807) is 164 Å². The average molecular weight is 1610 g/mol. The van der Waals surface area contributed by atoms with Gasteiger partial charge in [-0.25, -0.2) is 9.59 Å². The maximum Gasteiger partial charge on any atom is 0.335 e. The first-order valence-electron chi connectivity index (χ1n) is 31.9. The zero-order chi connectivity index (χ0) is 79.0. The number of aromatic hydroxyl groups is 1. The number of rotatable bonds is 25. The van der Waals surface area contributed by atoms with E-state index in [1.807, 2.05) is 72.8 Å². The van der Waals surface area contributed by atoms with E-state index in [2.05, 4.69) is 0 Å². The zero-order valence-corrected chi connectivity index (χ0v) is 62.8. The van der Waals surface area contributed by atoms with Gasteiger partial charge in [-0.15, -0.1) is 46.4 Å². The number of primary amides is 4. The topological polar surface area (TPSA) is 376 Å². The molecule has 11 N–H and O–H groups in total. The maximum absolute atomic E-state index is 11.2. The van der Waals surface area contributed by atoms with E-state index in [0.29, 0.717) is 106 Å². The molecule has 0 radical (unpaired) electrons. The molecular weight excluding hydrogens is 1540 g/mol. The molecule has 0 bridgehead atoms. The molecule has 560 valence electrons. The number of aromatic carboxylic acids is 2. The number of carbonyl (C=O) groups is 9. The lowest BCUT2D eigenvalue weighted by Crippen LogP contribution is -2.11. The van der Waals surface area contributed by atoms with Crippen molar-refractivity contribution in [2.75, 3.05) is 0 Å². The third-order valence-electron chi connectivity index (χ3n) is 14.2. The molecule has 3 aromatic heterocycles. The summed E-state index contributed by atoms with van der Waals surface area (Å²) < 4.78 is 26.6. The summed E-state index contributed by atoms with van der Waals surface area (Å²) in [5, 5.41) is 26.2. The minimum atomic E-state index is -0.919. The lowest BCUT2D eigenvalue weighted by molar-refractivity contribution is 0.0686. The van der Waals surface area contributed by atoms with E-state index in [-0.39, 0.29) is 11.3 Å². The van der Waals surface area contributed by atoms with Crippen LogP contribution in [-0.2, 0) is 36.7 Å². The number of hydrogen-bond donors (Lipinski definition) is 7. The van der Waals surface area contributed by atoms with Crippen LogP contribution in [0.5, 0.6) is 17.2 Å². The fourth-order valence-electron chi connectivity index (χ4n) is 8.54. The minimum absolute atomic E-state index is 0.224. The molecule has 0 aliphatic rings. The number of aldehydes is 3. The normalized spacial score (nSPS) is 10.0. The van der Waals surface area contributed by atoms with Crippen LogP contribution in [0.25, 0.3) is 0 Å². The number of amides is 4. The molecule has 0 saturated carbocycles. The number of carboxylic acids is 2. The number of alkyl halides is 4. The van der Waals surface area contributed by atoms with E-state index in [1.165, 1.54) is 54.1 Å². The van der Waals surface area contributed by atoms with Crippen LogP contribution in [0.3, 0.4) is 0 Å². The van der Waals surface area contributed by atoms with Crippen molar-refractivity contribution in [1.82, 2.24) is 0 Å². The highest BCUT2D eigenvalue weighted by atomic mass is 35.5. The van der Waals surface area contributed by atoms with Crippen LogP contribution in [0.15, 0.2) is 298 Å². The summed E-state index contributed by atoms with van der Waals surface area (Å²) in [6.07, 6.45) is 6.54. The summed E-state index contributed by atoms with van der Waals surface area (Å²) in [7, 11) is 0. The highest BCUT2D eigenvalue weighted by Gasteiger charge is 2.12. The number of halogens is 4. The molecule has 12 aromatic rings. The molecule has 12 rings (SSSR count). The Morgan fingerprint density at radius 3 is 0.963 bits per heavy atom. The van der Waals surface area contributed by atoms with Crippen molar-refractivity contribution >= 4 is 136 Å². The molecule has 3 heterocycles. The number of phenols is 1. The molecule has 28 heteroatoms. The number of ether oxygens (including phenoxy) is 2. The number of nitrogens with two attached hydrogens (primary N) is 4. The lowest BCUT2D eigenvalue weighted by Gasteiger charge is -2.08. The predicted molar refractivity (Wildman–Crippen MR) is 419 cm³/mol. The predicted octanol–water partition coefficient (Wildman–Crippen LogP) is 18.1. The van der Waals surface area contributed by atoms with E-state index in [4.69, 9.17) is 107 Å². The Morgan fingerprint density at radius 2 is 0.633 bits per heavy atom. The number of carbonyl (C=O) groups excluding carboxylic acids is 7. The number of hydrogen-bond acceptors (Lipinski definition) is 18. The smallest absolute Gasteiger partial charge is 0.335 e. The van der Waals surface area contributed by atoms with Gasteiger partial charge in [0.05, 0.1) is 44.6 Å². The molecule has 0 unspecified atom stereocenters. The molecule has 0 spiro atoms. The first kappa shape index (κ1) is 86.2. The van der Waals surface area contributed by atoms with Crippen molar-refractivity contribution in [2.45, 2.75) is 66.1 Å². The quantitative estimate of drug-likeness (QED) is 0.0206. The zero-order valence-electron chi connectivity index (χ0n) is 57.3. The highest BCUT2D eigenvalue weighted by Crippen LogP contribution is 2.34. The standard InChI is InChI=1S/2C19H15NO4S.C11H8O3S.2C8H8ClNO.2C8H7ClO2/c20-19(22)14-3-1-13(2-4-14)12-24-15-5-7-16(8-6-15)25-18-9-10-23-17(18)11-21;20-19(22)14-3-1-2-13(10-14)12-24-15-4-6-16(7-5-15)25-18-8-9-23-17(18)11-21;12-7-10-11(5-6-14-10)15-9-3-1-8(13)2-4-9;9-5-6-1-3-7(4-2-6)8(10)11;9-5-6-2-1-3-7(4-6)8(10)11;9-5-6-1-3-7(4-2-6)8(10)11;9-5-6-2-1-3-7(4-6)8(10)11/h2*1-11H,12H2,(H2,20,22);1-7,13H;2*1-4H,5H2,(H2,10,11);2*1-4H,5H2,(H,10,11). The second kappa shape index (κ2) is 46.4. The van der Waals surface area contributed by atoms with E-state index in [0.717, 1.165) is 68.5 Å². The van der Waals surface area contributed by atoms with Gasteiger partial charge in [-0.2, -0.15) is 0 Å². The van der Waals surface area contributed by atoms with E-state index >= 15 is 0 Å². The Hall–Kier alpha value is -11.7. The van der Waals surface area contributed by atoms with E-state index in [9.17, 15) is 43.2 Å². The summed E-state index contributed by atoms with van der Waals surface area (Å²) in [5.74, 6) is 0.683. The van der Waals surface area contributed by atoms with Crippen LogP contribution >= 0.6 is 81.7 Å². The van der Waals surface area contributed by atoms with Crippen molar-refractivity contribution in [3.63, 3.8) is 0 Å². The van der Waals surface area contributed by atoms with Gasteiger partial charge in [-0.1, -0.05) is 108 Å². The Morgan fingerprint density at radius 1 is 0.339 bits per heavy atom. The molecule has 0 atom stereocenters. The van der Waals surface area contributed by atoms with Gasteiger partial charge in [0.2, 0.25) is 23.6 Å². The fourth-order valence-corrected chi connectivity index (χ4v) is 11.8. The van der Waals surface area contributed by atoms with Crippen molar-refractivity contribution in [1.29, 1.82) is 0 Å². The van der Waals surface area contributed by atoms with Crippen LogP contribution in [0.2, 0.25) is 0 Å². The molecule has 9 aromatic carbocycles. The van der Waals surface area contributed by atoms with Gasteiger partial charge in [0.15, 0.2) is 36.1 Å². The van der Waals surface area contributed by atoms with Gasteiger partial charge in [0.25, 0.3) is 0 Å². The number of furan rings is 3. The summed E-state index contributed by atoms with van der Waals surface area (Å²) in [5.41, 5.74) is 28.5. The van der Waals surface area contributed by atoms with Gasteiger partial charge in [0.1, 0.15) is 30.5 Å².